The van der Waals surface area contributed by atoms with Gasteiger partial charge in [0.15, 0.2) is 11.5 Å². The number of alkyl halides is 3. The van der Waals surface area contributed by atoms with Gasteiger partial charge in [-0.3, -0.25) is 4.79 Å². The van der Waals surface area contributed by atoms with Gasteiger partial charge in [0, 0.05) is 18.8 Å². The monoisotopic (exact) mass is 286 g/mol. The number of hydrogen-bond acceptors (Lipinski definition) is 2. The third kappa shape index (κ3) is 2.56. The van der Waals surface area contributed by atoms with Crippen molar-refractivity contribution in [3.63, 3.8) is 0 Å². The highest BCUT2D eigenvalue weighted by molar-refractivity contribution is 5.94. The van der Waals surface area contributed by atoms with E-state index in [1.807, 2.05) is 0 Å². The fourth-order valence-corrected chi connectivity index (χ4v) is 1.77. The number of Topliss-reactive ketones (excluding diaryl/α,β-unsaturated/α-hetero) is 1. The molecule has 0 amide bonds. The van der Waals surface area contributed by atoms with Gasteiger partial charge in [-0.05, 0) is 19.1 Å². The van der Waals surface area contributed by atoms with E-state index in [1.54, 1.807) is 0 Å². The molecule has 0 atom stereocenters. The Labute approximate surface area is 111 Å². The summed E-state index contributed by atoms with van der Waals surface area (Å²) < 4.78 is 52.6. The molecule has 0 N–H and O–H groups in total. The zero-order chi connectivity index (χ0) is 15.1. The Kier molecular flexibility index (Phi) is 3.37. The fourth-order valence-electron chi connectivity index (χ4n) is 1.77. The number of nitrogens with zero attached hydrogens (tertiary/aromatic N) is 2. The quantitative estimate of drug-likeness (QED) is 0.626. The van der Waals surface area contributed by atoms with Crippen LogP contribution in [0.5, 0.6) is 0 Å². The summed E-state index contributed by atoms with van der Waals surface area (Å²) in [4.78, 5) is 14.5. The second kappa shape index (κ2) is 4.73. The Morgan fingerprint density at radius 3 is 2.40 bits per heavy atom. The largest absolute Gasteiger partial charge is 0.434 e. The van der Waals surface area contributed by atoms with Crippen LogP contribution >= 0.6 is 0 Å². The molecule has 1 aromatic carbocycles. The third-order valence-corrected chi connectivity index (χ3v) is 2.78. The molecule has 0 aliphatic carbocycles. The molecule has 0 aliphatic rings. The molecular formula is C13H10F4N2O. The summed E-state index contributed by atoms with van der Waals surface area (Å²) >= 11 is 0. The van der Waals surface area contributed by atoms with Crippen molar-refractivity contribution in [2.45, 2.75) is 13.1 Å². The maximum atomic E-state index is 13.9. The molecule has 106 valence electrons. The van der Waals surface area contributed by atoms with E-state index < -0.39 is 17.7 Å². The first-order valence-electron chi connectivity index (χ1n) is 5.61. The van der Waals surface area contributed by atoms with Gasteiger partial charge in [0.2, 0.25) is 0 Å². The van der Waals surface area contributed by atoms with Gasteiger partial charge < -0.3 is 4.57 Å². The number of aryl methyl sites for hydroxylation is 1. The summed E-state index contributed by atoms with van der Waals surface area (Å²) in [5.74, 6) is -1.27. The van der Waals surface area contributed by atoms with Crippen LogP contribution in [0.15, 0.2) is 24.4 Å². The van der Waals surface area contributed by atoms with Crippen LogP contribution in [0, 0.1) is 5.82 Å². The highest BCUT2D eigenvalue weighted by atomic mass is 19.4. The average molecular weight is 286 g/mol. The number of imidazole rings is 1. The minimum absolute atomic E-state index is 0.0898. The number of rotatable bonds is 2. The van der Waals surface area contributed by atoms with Crippen molar-refractivity contribution >= 4 is 5.78 Å². The number of aromatic nitrogens is 2. The smallest absolute Gasteiger partial charge is 0.333 e. The number of benzene rings is 1. The third-order valence-electron chi connectivity index (χ3n) is 2.78. The van der Waals surface area contributed by atoms with E-state index in [4.69, 9.17) is 0 Å². The molecule has 0 saturated carbocycles. The second-order valence-electron chi connectivity index (χ2n) is 4.31. The van der Waals surface area contributed by atoms with Crippen molar-refractivity contribution in [1.82, 2.24) is 9.55 Å². The molecular weight excluding hydrogens is 276 g/mol. The highest BCUT2D eigenvalue weighted by Gasteiger charge is 2.34. The van der Waals surface area contributed by atoms with Crippen molar-refractivity contribution in [3.05, 3.63) is 41.5 Å². The molecule has 0 fully saturated rings. The number of carbonyl (C=O) groups excluding carboxylic acids is 1. The summed E-state index contributed by atoms with van der Waals surface area (Å²) in [5, 5.41) is 0. The molecule has 20 heavy (non-hydrogen) atoms. The van der Waals surface area contributed by atoms with Crippen molar-refractivity contribution in [3.8, 4) is 11.4 Å². The van der Waals surface area contributed by atoms with Crippen molar-refractivity contribution in [1.29, 1.82) is 0 Å². The predicted octanol–water partition coefficient (Wildman–Crippen LogP) is 3.45. The van der Waals surface area contributed by atoms with E-state index in [0.29, 0.717) is 0 Å². The second-order valence-corrected chi connectivity index (χ2v) is 4.31. The van der Waals surface area contributed by atoms with Crippen LogP contribution in [-0.2, 0) is 13.2 Å². The summed E-state index contributed by atoms with van der Waals surface area (Å²) in [6, 6.07) is 3.58. The standard InChI is InChI=1S/C13H10F4N2O/c1-7(20)8-3-4-9(10(14)5-8)12-18-11(6-19(12)2)13(15,16)17/h3-6H,1-2H3. The Morgan fingerprint density at radius 1 is 1.30 bits per heavy atom. The van der Waals surface area contributed by atoms with Crippen molar-refractivity contribution < 1.29 is 22.4 Å². The Hall–Kier alpha value is -2.18. The number of carbonyl (C=O) groups is 1. The van der Waals surface area contributed by atoms with Gasteiger partial charge in [0.25, 0.3) is 0 Å². The molecule has 0 unspecified atom stereocenters. The van der Waals surface area contributed by atoms with E-state index in [9.17, 15) is 22.4 Å². The number of ketones is 1. The predicted molar refractivity (Wildman–Crippen MR) is 63.6 cm³/mol. The summed E-state index contributed by atoms with van der Waals surface area (Å²) in [6.45, 7) is 1.27. The van der Waals surface area contributed by atoms with Crippen LogP contribution in [0.2, 0.25) is 0 Å². The minimum Gasteiger partial charge on any atom is -0.333 e. The molecule has 0 bridgehead atoms. The lowest BCUT2D eigenvalue weighted by molar-refractivity contribution is -0.140. The van der Waals surface area contributed by atoms with Crippen molar-refractivity contribution in [2.75, 3.05) is 0 Å². The lowest BCUT2D eigenvalue weighted by Gasteiger charge is -2.04. The zero-order valence-electron chi connectivity index (χ0n) is 10.6. The van der Waals surface area contributed by atoms with Crippen molar-refractivity contribution in [2.24, 2.45) is 7.05 Å². The molecule has 0 aliphatic heterocycles. The summed E-state index contributed by atoms with van der Waals surface area (Å²) in [7, 11) is 1.34. The van der Waals surface area contributed by atoms with Crippen LogP contribution < -0.4 is 0 Å². The molecule has 2 rings (SSSR count). The lowest BCUT2D eigenvalue weighted by Crippen LogP contribution is -2.05. The van der Waals surface area contributed by atoms with Gasteiger partial charge in [-0.25, -0.2) is 9.37 Å². The maximum Gasteiger partial charge on any atom is 0.434 e. The molecule has 1 aromatic heterocycles. The van der Waals surface area contributed by atoms with Gasteiger partial charge in [0.1, 0.15) is 11.6 Å². The van der Waals surface area contributed by atoms with Gasteiger partial charge >= 0.3 is 6.18 Å². The van der Waals surface area contributed by atoms with Gasteiger partial charge in [-0.1, -0.05) is 6.07 Å². The van der Waals surface area contributed by atoms with E-state index in [1.165, 1.54) is 26.1 Å². The average Bonchev–Trinajstić information content (AvgIpc) is 2.71. The molecule has 1 heterocycles. The highest BCUT2D eigenvalue weighted by Crippen LogP contribution is 2.31. The molecule has 0 spiro atoms. The molecule has 2 aromatic rings. The fraction of sp³-hybridized carbons (Fsp3) is 0.231. The van der Waals surface area contributed by atoms with E-state index in [2.05, 4.69) is 4.98 Å². The minimum atomic E-state index is -4.59. The number of hydrogen-bond donors (Lipinski definition) is 0. The zero-order valence-corrected chi connectivity index (χ0v) is 10.6. The van der Waals surface area contributed by atoms with Crippen LogP contribution in [0.1, 0.15) is 23.0 Å². The van der Waals surface area contributed by atoms with E-state index >= 15 is 0 Å². The SMILES string of the molecule is CC(=O)c1ccc(-c2nc(C(F)(F)F)cn2C)c(F)c1. The first-order chi connectivity index (χ1) is 9.20. The molecule has 3 nitrogen and oxygen atoms in total. The van der Waals surface area contributed by atoms with Gasteiger partial charge in [-0.15, -0.1) is 0 Å². The Balaban J connectivity index is 2.52. The van der Waals surface area contributed by atoms with Crippen LogP contribution in [0.3, 0.4) is 0 Å². The van der Waals surface area contributed by atoms with Gasteiger partial charge in [0.05, 0.1) is 5.56 Å². The van der Waals surface area contributed by atoms with Crippen LogP contribution in [0.4, 0.5) is 17.6 Å². The first-order valence-corrected chi connectivity index (χ1v) is 5.61. The van der Waals surface area contributed by atoms with Crippen LogP contribution in [0.25, 0.3) is 11.4 Å². The summed E-state index contributed by atoms with van der Waals surface area (Å²) in [6.07, 6.45) is -3.81. The summed E-state index contributed by atoms with van der Waals surface area (Å²) in [5.41, 5.74) is -1.03. The van der Waals surface area contributed by atoms with E-state index in [0.717, 1.165) is 16.8 Å². The van der Waals surface area contributed by atoms with E-state index in [-0.39, 0.29) is 22.7 Å². The lowest BCUT2D eigenvalue weighted by atomic mass is 10.1. The first kappa shape index (κ1) is 14.2. The van der Waals surface area contributed by atoms with Crippen LogP contribution in [-0.4, -0.2) is 15.3 Å². The maximum absolute atomic E-state index is 13.9. The molecule has 7 heteroatoms. The topological polar surface area (TPSA) is 34.9 Å². The normalized spacial score (nSPS) is 11.7. The van der Waals surface area contributed by atoms with Gasteiger partial charge in [-0.2, -0.15) is 13.2 Å². The Bertz CT molecular complexity index is 673. The Morgan fingerprint density at radius 2 is 1.95 bits per heavy atom. The molecule has 0 saturated heterocycles. The number of halogens is 4. The molecule has 0 radical (unpaired) electrons.